The Bertz CT molecular complexity index is 1080. The zero-order valence-electron chi connectivity index (χ0n) is 18.2. The normalized spacial score (nSPS) is 28.2. The van der Waals surface area contributed by atoms with Crippen LogP contribution in [0.3, 0.4) is 0 Å². The van der Waals surface area contributed by atoms with E-state index in [-0.39, 0.29) is 5.41 Å². The molecule has 0 heterocycles. The Balaban J connectivity index is 1.57. The lowest BCUT2D eigenvalue weighted by atomic mass is 9.48. The molecule has 0 amide bonds. The third-order valence-electron chi connectivity index (χ3n) is 7.78. The quantitative estimate of drug-likeness (QED) is 0.487. The van der Waals surface area contributed by atoms with Gasteiger partial charge in [0.1, 0.15) is 5.75 Å². The van der Waals surface area contributed by atoms with E-state index in [0.29, 0.717) is 16.9 Å². The van der Waals surface area contributed by atoms with Gasteiger partial charge in [0.2, 0.25) is 0 Å². The van der Waals surface area contributed by atoms with Crippen LogP contribution in [0.1, 0.15) is 60.0 Å². The summed E-state index contributed by atoms with van der Waals surface area (Å²) in [4.78, 5) is 23.4. The Morgan fingerprint density at radius 3 is 2.25 bits per heavy atom. The van der Waals surface area contributed by atoms with Crippen molar-refractivity contribution in [2.75, 3.05) is 7.11 Å². The van der Waals surface area contributed by atoms with Crippen molar-refractivity contribution in [1.82, 2.24) is 0 Å². The first-order valence-corrected chi connectivity index (χ1v) is 11.3. The highest BCUT2D eigenvalue weighted by atomic mass is 16.5. The van der Waals surface area contributed by atoms with Gasteiger partial charge in [0, 0.05) is 11.6 Å². The number of hydrogen-bond donors (Lipinski definition) is 2. The minimum Gasteiger partial charge on any atom is -0.508 e. The van der Waals surface area contributed by atoms with Crippen molar-refractivity contribution in [3.8, 4) is 16.9 Å². The monoisotopic (exact) mass is 432 g/mol. The van der Waals surface area contributed by atoms with E-state index in [4.69, 9.17) is 9.84 Å². The average molecular weight is 433 g/mol. The Morgan fingerprint density at radius 2 is 1.66 bits per heavy atom. The standard InChI is InChI=1S/C27H28O5/c1-32-26(31)22-11-16(3-7-25(29)30)2-5-21(22)20-4-6-24(28)23(12-20)27-13-17-8-18(14-27)10-19(9-17)15-27/h2-7,11-12,17-19,28H,8-10,13-15H2,1H3,(H,29,30)/b7-3+. The zero-order chi connectivity index (χ0) is 22.5. The van der Waals surface area contributed by atoms with E-state index in [0.717, 1.165) is 59.8 Å². The molecule has 4 aliphatic carbocycles. The predicted molar refractivity (Wildman–Crippen MR) is 121 cm³/mol. The molecule has 0 aromatic heterocycles. The zero-order valence-corrected chi connectivity index (χ0v) is 18.2. The summed E-state index contributed by atoms with van der Waals surface area (Å²) in [5, 5.41) is 19.8. The summed E-state index contributed by atoms with van der Waals surface area (Å²) in [6, 6.07) is 10.9. The van der Waals surface area contributed by atoms with Gasteiger partial charge in [-0.2, -0.15) is 0 Å². The van der Waals surface area contributed by atoms with Crippen LogP contribution in [-0.4, -0.2) is 29.3 Å². The summed E-state index contributed by atoms with van der Waals surface area (Å²) >= 11 is 0. The summed E-state index contributed by atoms with van der Waals surface area (Å²) < 4.78 is 5.00. The molecule has 2 aromatic rings. The molecule has 5 heteroatoms. The summed E-state index contributed by atoms with van der Waals surface area (Å²) in [6.07, 6.45) is 9.90. The SMILES string of the molecule is COC(=O)c1cc(/C=C/C(=O)O)ccc1-c1ccc(O)c(C23CC4CC(CC(C4)C2)C3)c1. The van der Waals surface area contributed by atoms with Crippen LogP contribution in [0.25, 0.3) is 17.2 Å². The number of carbonyl (C=O) groups is 2. The summed E-state index contributed by atoms with van der Waals surface area (Å²) in [6.45, 7) is 0. The van der Waals surface area contributed by atoms with Gasteiger partial charge in [0.05, 0.1) is 12.7 Å². The number of carboxylic acid groups (broad SMARTS) is 1. The Morgan fingerprint density at radius 1 is 1.00 bits per heavy atom. The Labute approximate surface area is 187 Å². The highest BCUT2D eigenvalue weighted by molar-refractivity contribution is 5.98. The van der Waals surface area contributed by atoms with Gasteiger partial charge in [-0.15, -0.1) is 0 Å². The number of hydrogen-bond acceptors (Lipinski definition) is 4. The van der Waals surface area contributed by atoms with E-state index in [2.05, 4.69) is 6.07 Å². The largest absolute Gasteiger partial charge is 0.508 e. The molecule has 4 aliphatic rings. The van der Waals surface area contributed by atoms with Crippen molar-refractivity contribution in [2.45, 2.75) is 43.9 Å². The predicted octanol–water partition coefficient (Wildman–Crippen LogP) is 5.41. The second-order valence-electron chi connectivity index (χ2n) is 9.90. The Hall–Kier alpha value is -3.08. The fourth-order valence-electron chi connectivity index (χ4n) is 6.93. The molecule has 2 N–H and O–H groups in total. The van der Waals surface area contributed by atoms with Crippen LogP contribution in [-0.2, 0) is 14.9 Å². The molecule has 0 atom stereocenters. The van der Waals surface area contributed by atoms with E-state index < -0.39 is 11.9 Å². The lowest BCUT2D eigenvalue weighted by Crippen LogP contribution is -2.48. The number of carboxylic acids is 1. The first-order chi connectivity index (χ1) is 15.4. The number of methoxy groups -OCH3 is 1. The molecule has 4 fully saturated rings. The maximum atomic E-state index is 12.6. The van der Waals surface area contributed by atoms with E-state index in [1.54, 1.807) is 18.2 Å². The number of rotatable bonds is 5. The molecule has 5 nitrogen and oxygen atoms in total. The first kappa shape index (κ1) is 20.8. The third kappa shape index (κ3) is 3.60. The highest BCUT2D eigenvalue weighted by Crippen LogP contribution is 2.62. The van der Waals surface area contributed by atoms with Gasteiger partial charge < -0.3 is 14.9 Å². The molecule has 4 bridgehead atoms. The molecular formula is C27H28O5. The van der Waals surface area contributed by atoms with E-state index >= 15 is 0 Å². The van der Waals surface area contributed by atoms with E-state index in [1.165, 1.54) is 32.4 Å². The summed E-state index contributed by atoms with van der Waals surface area (Å²) in [7, 11) is 1.34. The van der Waals surface area contributed by atoms with Crippen molar-refractivity contribution in [3.05, 3.63) is 59.2 Å². The summed E-state index contributed by atoms with van der Waals surface area (Å²) in [5.74, 6) is 1.10. The van der Waals surface area contributed by atoms with Gasteiger partial charge in [-0.3, -0.25) is 0 Å². The van der Waals surface area contributed by atoms with Crippen LogP contribution < -0.4 is 0 Å². The third-order valence-corrected chi connectivity index (χ3v) is 7.78. The maximum Gasteiger partial charge on any atom is 0.338 e. The molecule has 0 saturated heterocycles. The fourth-order valence-corrected chi connectivity index (χ4v) is 6.93. The topological polar surface area (TPSA) is 83.8 Å². The fraction of sp³-hybridized carbons (Fsp3) is 0.407. The van der Waals surface area contributed by atoms with E-state index in [9.17, 15) is 14.7 Å². The van der Waals surface area contributed by atoms with Crippen molar-refractivity contribution in [3.63, 3.8) is 0 Å². The molecule has 4 saturated carbocycles. The number of esters is 1. The molecule has 0 aliphatic heterocycles. The maximum absolute atomic E-state index is 12.6. The molecule has 2 aromatic carbocycles. The average Bonchev–Trinajstić information content (AvgIpc) is 2.76. The van der Waals surface area contributed by atoms with Gasteiger partial charge in [0.15, 0.2) is 0 Å². The first-order valence-electron chi connectivity index (χ1n) is 11.3. The van der Waals surface area contributed by atoms with E-state index in [1.807, 2.05) is 12.1 Å². The van der Waals surface area contributed by atoms with Crippen molar-refractivity contribution < 1.29 is 24.5 Å². The van der Waals surface area contributed by atoms with Gasteiger partial charge in [-0.25, -0.2) is 9.59 Å². The molecule has 6 rings (SSSR count). The van der Waals surface area contributed by atoms with Crippen molar-refractivity contribution in [2.24, 2.45) is 17.8 Å². The number of benzene rings is 2. The van der Waals surface area contributed by atoms with Crippen LogP contribution in [0.5, 0.6) is 5.75 Å². The van der Waals surface area contributed by atoms with Crippen LogP contribution in [0.4, 0.5) is 0 Å². The van der Waals surface area contributed by atoms with Crippen LogP contribution in [0.2, 0.25) is 0 Å². The Kier molecular flexibility index (Phi) is 5.07. The number of phenols is 1. The molecular weight excluding hydrogens is 404 g/mol. The lowest BCUT2D eigenvalue weighted by molar-refractivity contribution is -0.131. The summed E-state index contributed by atoms with van der Waals surface area (Å²) in [5.41, 5.74) is 3.61. The molecule has 32 heavy (non-hydrogen) atoms. The van der Waals surface area contributed by atoms with Gasteiger partial charge in [-0.05, 0) is 103 Å². The van der Waals surface area contributed by atoms with Crippen molar-refractivity contribution in [1.29, 1.82) is 0 Å². The van der Waals surface area contributed by atoms with Gasteiger partial charge in [0.25, 0.3) is 0 Å². The van der Waals surface area contributed by atoms with Crippen LogP contribution >= 0.6 is 0 Å². The lowest BCUT2D eigenvalue weighted by Gasteiger charge is -2.57. The molecule has 166 valence electrons. The number of ether oxygens (including phenoxy) is 1. The van der Waals surface area contributed by atoms with Crippen LogP contribution in [0.15, 0.2) is 42.5 Å². The molecule has 0 spiro atoms. The van der Waals surface area contributed by atoms with Crippen molar-refractivity contribution >= 4 is 18.0 Å². The van der Waals surface area contributed by atoms with Gasteiger partial charge in [-0.1, -0.05) is 18.2 Å². The number of phenolic OH excluding ortho intramolecular Hbond substituents is 1. The number of aliphatic carboxylic acids is 1. The minimum atomic E-state index is -1.05. The number of carbonyl (C=O) groups excluding carboxylic acids is 1. The smallest absolute Gasteiger partial charge is 0.338 e. The second kappa shape index (κ2) is 7.80. The second-order valence-corrected chi connectivity index (χ2v) is 9.90. The highest BCUT2D eigenvalue weighted by Gasteiger charge is 2.52. The molecule has 0 unspecified atom stereocenters. The molecule has 0 radical (unpaired) electrons. The van der Waals surface area contributed by atoms with Crippen LogP contribution in [0, 0.1) is 17.8 Å². The number of aromatic hydroxyl groups is 1. The minimum absolute atomic E-state index is 0.0322. The van der Waals surface area contributed by atoms with Gasteiger partial charge >= 0.3 is 11.9 Å².